The van der Waals surface area contributed by atoms with Crippen LogP contribution >= 0.6 is 23.8 Å². The van der Waals surface area contributed by atoms with Crippen LogP contribution in [0.25, 0.3) is 0 Å². The lowest BCUT2D eigenvalue weighted by Gasteiger charge is -2.37. The second-order valence-electron chi connectivity index (χ2n) is 6.47. The molecule has 0 bridgehead atoms. The average molecular weight is 390 g/mol. The van der Waals surface area contributed by atoms with Crippen molar-refractivity contribution in [1.82, 2.24) is 4.90 Å². The molecule has 0 saturated heterocycles. The molecule has 2 aromatic carbocycles. The van der Waals surface area contributed by atoms with Crippen molar-refractivity contribution in [3.8, 4) is 5.75 Å². The molecule has 0 spiro atoms. The summed E-state index contributed by atoms with van der Waals surface area (Å²) in [4.78, 5) is 4.36. The molecule has 26 heavy (non-hydrogen) atoms. The Bertz CT molecular complexity index is 798. The van der Waals surface area contributed by atoms with Gasteiger partial charge in [-0.05, 0) is 55.9 Å². The standard InChI is InChI=1S/C20H24ClN3OS/c1-4-24-13-15(25-19-11-6-5-10-18(19)24)12-23(3)20(26)22-17-9-7-8-16(21)14(17)2/h5-11,15H,4,12-13H2,1-3H3,(H,22,26)/t15-/m1/s1. The second kappa shape index (κ2) is 8.14. The number of ether oxygens (including phenoxy) is 1. The van der Waals surface area contributed by atoms with Gasteiger partial charge in [-0.15, -0.1) is 0 Å². The van der Waals surface area contributed by atoms with Gasteiger partial charge in [0.15, 0.2) is 5.11 Å². The number of rotatable bonds is 4. The van der Waals surface area contributed by atoms with E-state index in [1.807, 2.05) is 55.3 Å². The van der Waals surface area contributed by atoms with Crippen LogP contribution in [0.4, 0.5) is 11.4 Å². The van der Waals surface area contributed by atoms with Gasteiger partial charge in [0.1, 0.15) is 11.9 Å². The smallest absolute Gasteiger partial charge is 0.173 e. The van der Waals surface area contributed by atoms with Crippen molar-refractivity contribution in [1.29, 1.82) is 0 Å². The van der Waals surface area contributed by atoms with Gasteiger partial charge < -0.3 is 19.9 Å². The number of likely N-dealkylation sites (N-methyl/N-ethyl adjacent to an activating group) is 2. The maximum Gasteiger partial charge on any atom is 0.173 e. The number of nitrogens with one attached hydrogen (secondary N) is 1. The van der Waals surface area contributed by atoms with Crippen LogP contribution in [0.2, 0.25) is 5.02 Å². The number of halogens is 1. The van der Waals surface area contributed by atoms with Gasteiger partial charge in [-0.1, -0.05) is 29.8 Å². The van der Waals surface area contributed by atoms with Gasteiger partial charge in [0.05, 0.1) is 18.8 Å². The molecule has 0 unspecified atom stereocenters. The van der Waals surface area contributed by atoms with E-state index in [0.717, 1.165) is 40.8 Å². The molecule has 1 aliphatic heterocycles. The van der Waals surface area contributed by atoms with Crippen molar-refractivity contribution in [2.45, 2.75) is 20.0 Å². The van der Waals surface area contributed by atoms with Gasteiger partial charge >= 0.3 is 0 Å². The minimum absolute atomic E-state index is 0.0510. The first-order valence-corrected chi connectivity index (χ1v) is 9.56. The molecule has 3 rings (SSSR count). The lowest BCUT2D eigenvalue weighted by atomic mass is 10.2. The second-order valence-corrected chi connectivity index (χ2v) is 7.26. The molecule has 4 nitrogen and oxygen atoms in total. The summed E-state index contributed by atoms with van der Waals surface area (Å²) in [6.07, 6.45) is 0.0510. The largest absolute Gasteiger partial charge is 0.485 e. The minimum Gasteiger partial charge on any atom is -0.485 e. The van der Waals surface area contributed by atoms with Gasteiger partial charge in [-0.25, -0.2) is 0 Å². The highest BCUT2D eigenvalue weighted by Gasteiger charge is 2.26. The third-order valence-corrected chi connectivity index (χ3v) is 5.46. The lowest BCUT2D eigenvalue weighted by Crippen LogP contribution is -2.47. The van der Waals surface area contributed by atoms with Crippen molar-refractivity contribution in [3.63, 3.8) is 0 Å². The maximum absolute atomic E-state index is 6.19. The molecule has 1 N–H and O–H groups in total. The molecule has 0 aliphatic carbocycles. The Morgan fingerprint density at radius 1 is 1.31 bits per heavy atom. The lowest BCUT2D eigenvalue weighted by molar-refractivity contribution is 0.169. The molecular weight excluding hydrogens is 366 g/mol. The number of benzene rings is 2. The van der Waals surface area contributed by atoms with E-state index >= 15 is 0 Å². The molecule has 0 radical (unpaired) electrons. The fraction of sp³-hybridized carbons (Fsp3) is 0.350. The number of anilines is 2. The SMILES string of the molecule is CCN1C[C@@H](CN(C)C(=S)Nc2cccc(Cl)c2C)Oc2ccccc21. The molecule has 6 heteroatoms. The van der Waals surface area contributed by atoms with Crippen LogP contribution in [0.1, 0.15) is 12.5 Å². The number of para-hydroxylation sites is 2. The van der Waals surface area contributed by atoms with Crippen molar-refractivity contribution in [2.75, 3.05) is 36.9 Å². The van der Waals surface area contributed by atoms with Gasteiger partial charge in [0.2, 0.25) is 0 Å². The van der Waals surface area contributed by atoms with E-state index in [2.05, 4.69) is 23.2 Å². The highest BCUT2D eigenvalue weighted by Crippen LogP contribution is 2.33. The van der Waals surface area contributed by atoms with E-state index in [4.69, 9.17) is 28.6 Å². The molecule has 0 saturated carbocycles. The van der Waals surface area contributed by atoms with Gasteiger partial charge in [-0.3, -0.25) is 0 Å². The molecule has 138 valence electrons. The first kappa shape index (κ1) is 18.8. The Morgan fingerprint density at radius 2 is 2.08 bits per heavy atom. The summed E-state index contributed by atoms with van der Waals surface area (Å²) in [6.45, 7) is 6.64. The Morgan fingerprint density at radius 3 is 2.85 bits per heavy atom. The molecule has 1 aliphatic rings. The molecule has 2 aromatic rings. The van der Waals surface area contributed by atoms with Crippen LogP contribution in [0.15, 0.2) is 42.5 Å². The fourth-order valence-electron chi connectivity index (χ4n) is 3.12. The minimum atomic E-state index is 0.0510. The molecule has 0 fully saturated rings. The maximum atomic E-state index is 6.19. The molecule has 1 heterocycles. The summed E-state index contributed by atoms with van der Waals surface area (Å²) in [7, 11) is 1.98. The average Bonchev–Trinajstić information content (AvgIpc) is 2.64. The van der Waals surface area contributed by atoms with Crippen molar-refractivity contribution >= 4 is 40.3 Å². The molecule has 0 aromatic heterocycles. The van der Waals surface area contributed by atoms with Crippen LogP contribution in [0.3, 0.4) is 0 Å². The number of nitrogens with zero attached hydrogens (tertiary/aromatic N) is 2. The molecule has 0 amide bonds. The topological polar surface area (TPSA) is 27.7 Å². The van der Waals surface area contributed by atoms with E-state index < -0.39 is 0 Å². The zero-order valence-corrected chi connectivity index (χ0v) is 16.9. The van der Waals surface area contributed by atoms with E-state index in [-0.39, 0.29) is 6.10 Å². The van der Waals surface area contributed by atoms with Gasteiger partial charge in [-0.2, -0.15) is 0 Å². The van der Waals surface area contributed by atoms with Crippen LogP contribution in [-0.4, -0.2) is 42.8 Å². The Balaban J connectivity index is 1.65. The van der Waals surface area contributed by atoms with E-state index in [0.29, 0.717) is 11.7 Å². The third kappa shape index (κ3) is 4.05. The quantitative estimate of drug-likeness (QED) is 0.773. The Kier molecular flexibility index (Phi) is 5.89. The summed E-state index contributed by atoms with van der Waals surface area (Å²) in [5.41, 5.74) is 3.08. The van der Waals surface area contributed by atoms with Gasteiger partial charge in [0, 0.05) is 24.3 Å². The molecule has 1 atom stereocenters. The van der Waals surface area contributed by atoms with Crippen LogP contribution in [0, 0.1) is 6.92 Å². The number of thiocarbonyl (C=S) groups is 1. The van der Waals surface area contributed by atoms with Crippen LogP contribution in [-0.2, 0) is 0 Å². The van der Waals surface area contributed by atoms with E-state index in [9.17, 15) is 0 Å². The number of fused-ring (bicyclic) bond motifs is 1. The highest BCUT2D eigenvalue weighted by atomic mass is 35.5. The van der Waals surface area contributed by atoms with Crippen molar-refractivity contribution in [3.05, 3.63) is 53.1 Å². The molecular formula is C20H24ClN3OS. The normalized spacial score (nSPS) is 15.8. The zero-order valence-electron chi connectivity index (χ0n) is 15.3. The fourth-order valence-corrected chi connectivity index (χ4v) is 3.47. The van der Waals surface area contributed by atoms with Crippen LogP contribution in [0.5, 0.6) is 5.75 Å². The summed E-state index contributed by atoms with van der Waals surface area (Å²) < 4.78 is 6.19. The summed E-state index contributed by atoms with van der Waals surface area (Å²) in [6, 6.07) is 14.0. The monoisotopic (exact) mass is 389 g/mol. The zero-order chi connectivity index (χ0) is 18.7. The van der Waals surface area contributed by atoms with Crippen molar-refractivity contribution < 1.29 is 4.74 Å². The first-order valence-electron chi connectivity index (χ1n) is 8.77. The third-order valence-electron chi connectivity index (χ3n) is 4.64. The summed E-state index contributed by atoms with van der Waals surface area (Å²) in [5.74, 6) is 0.934. The number of hydrogen-bond acceptors (Lipinski definition) is 3. The van der Waals surface area contributed by atoms with Crippen molar-refractivity contribution in [2.24, 2.45) is 0 Å². The Labute approximate surface area is 165 Å². The first-order chi connectivity index (χ1) is 12.5. The predicted molar refractivity (Wildman–Crippen MR) is 114 cm³/mol. The summed E-state index contributed by atoms with van der Waals surface area (Å²) >= 11 is 11.8. The van der Waals surface area contributed by atoms with Crippen LogP contribution < -0.4 is 15.0 Å². The summed E-state index contributed by atoms with van der Waals surface area (Å²) in [5, 5.41) is 4.67. The number of hydrogen-bond donors (Lipinski definition) is 1. The van der Waals surface area contributed by atoms with Gasteiger partial charge in [0.25, 0.3) is 0 Å². The van der Waals surface area contributed by atoms with E-state index in [1.54, 1.807) is 0 Å². The van der Waals surface area contributed by atoms with E-state index in [1.165, 1.54) is 0 Å². The predicted octanol–water partition coefficient (Wildman–Crippen LogP) is 4.56. The highest BCUT2D eigenvalue weighted by molar-refractivity contribution is 7.80. The Hall–Kier alpha value is -1.98.